The van der Waals surface area contributed by atoms with Gasteiger partial charge in [-0.2, -0.15) is 0 Å². The lowest BCUT2D eigenvalue weighted by Crippen LogP contribution is -2.40. The van der Waals surface area contributed by atoms with Crippen molar-refractivity contribution in [2.45, 2.75) is 70.6 Å². The lowest BCUT2D eigenvalue weighted by atomic mass is 9.81. The molecule has 7 heteroatoms. The molecule has 2 saturated heterocycles. The van der Waals surface area contributed by atoms with Gasteiger partial charge in [0.1, 0.15) is 12.2 Å². The van der Waals surface area contributed by atoms with Crippen molar-refractivity contribution in [2.24, 2.45) is 5.92 Å². The smallest absolute Gasteiger partial charge is 0.334 e. The van der Waals surface area contributed by atoms with Gasteiger partial charge in [-0.3, -0.25) is 0 Å². The summed E-state index contributed by atoms with van der Waals surface area (Å²) in [6.45, 7) is 11.7. The predicted octanol–water partition coefficient (Wildman–Crippen LogP) is 2.59. The van der Waals surface area contributed by atoms with Crippen molar-refractivity contribution in [1.29, 1.82) is 0 Å². The summed E-state index contributed by atoms with van der Waals surface area (Å²) in [5, 5.41) is 11.2. The van der Waals surface area contributed by atoms with E-state index in [2.05, 4.69) is 6.58 Å². The Morgan fingerprint density at radius 1 is 1.45 bits per heavy atom. The molecule has 3 heterocycles. The summed E-state index contributed by atoms with van der Waals surface area (Å²) in [6, 6.07) is 0. The second kappa shape index (κ2) is 8.05. The van der Waals surface area contributed by atoms with E-state index in [1.165, 1.54) is 0 Å². The van der Waals surface area contributed by atoms with E-state index in [0.29, 0.717) is 37.0 Å². The number of carbonyl (C=O) groups is 2. The highest BCUT2D eigenvalue weighted by atomic mass is 16.6. The van der Waals surface area contributed by atoms with Crippen molar-refractivity contribution < 1.29 is 33.6 Å². The van der Waals surface area contributed by atoms with Crippen LogP contribution in [0.5, 0.6) is 0 Å². The third kappa shape index (κ3) is 4.17. The van der Waals surface area contributed by atoms with E-state index >= 15 is 0 Å². The summed E-state index contributed by atoms with van der Waals surface area (Å²) in [5.74, 6) is -3.06. The van der Waals surface area contributed by atoms with Gasteiger partial charge in [-0.15, -0.1) is 0 Å². The number of carbonyl (C=O) groups excluding carboxylic acids is 2. The van der Waals surface area contributed by atoms with E-state index in [9.17, 15) is 14.7 Å². The molecule has 0 aliphatic carbocycles. The molecule has 1 N–H and O–H groups in total. The molecule has 0 aromatic carbocycles. The Morgan fingerprint density at radius 2 is 2.17 bits per heavy atom. The molecule has 7 nitrogen and oxygen atoms in total. The van der Waals surface area contributed by atoms with Gasteiger partial charge in [0.2, 0.25) is 0 Å². The third-order valence-electron chi connectivity index (χ3n) is 6.05. The first-order valence-corrected chi connectivity index (χ1v) is 10.1. The first-order chi connectivity index (χ1) is 13.6. The molecule has 5 atom stereocenters. The Hall–Kier alpha value is -1.96. The van der Waals surface area contributed by atoms with Gasteiger partial charge in [0, 0.05) is 36.2 Å². The molecule has 0 aromatic rings. The average molecular weight is 406 g/mol. The topological polar surface area (TPSA) is 91.3 Å². The van der Waals surface area contributed by atoms with Crippen LogP contribution in [0.3, 0.4) is 0 Å². The molecule has 0 saturated carbocycles. The van der Waals surface area contributed by atoms with Crippen molar-refractivity contribution in [2.75, 3.05) is 13.2 Å². The molecule has 3 aliphatic rings. The Balaban J connectivity index is 2.04. The highest BCUT2D eigenvalue weighted by Crippen LogP contribution is 2.48. The number of allylic oxidation sites excluding steroid dienone is 1. The minimum Gasteiger partial charge on any atom is -0.458 e. The van der Waals surface area contributed by atoms with Crippen LogP contribution in [0.15, 0.2) is 35.5 Å². The molecule has 0 aromatic heterocycles. The summed E-state index contributed by atoms with van der Waals surface area (Å²) in [5.41, 5.74) is 0.498. The Kier molecular flexibility index (Phi) is 6.03. The Morgan fingerprint density at radius 3 is 2.83 bits per heavy atom. The number of aliphatic hydroxyl groups is 1. The first-order valence-electron chi connectivity index (χ1n) is 10.1. The van der Waals surface area contributed by atoms with Crippen LogP contribution in [0.2, 0.25) is 0 Å². The fraction of sp³-hybridized carbons (Fsp3) is 0.636. The van der Waals surface area contributed by atoms with Gasteiger partial charge in [0.05, 0.1) is 18.1 Å². The van der Waals surface area contributed by atoms with E-state index in [-0.39, 0.29) is 12.2 Å². The van der Waals surface area contributed by atoms with Gasteiger partial charge in [-0.25, -0.2) is 9.59 Å². The summed E-state index contributed by atoms with van der Waals surface area (Å²) < 4.78 is 23.0. The van der Waals surface area contributed by atoms with Crippen molar-refractivity contribution in [3.63, 3.8) is 0 Å². The van der Waals surface area contributed by atoms with Crippen LogP contribution in [0.25, 0.3) is 0 Å². The fourth-order valence-corrected chi connectivity index (χ4v) is 4.21. The molecular formula is C22H30O7. The van der Waals surface area contributed by atoms with Gasteiger partial charge in [-0.1, -0.05) is 12.7 Å². The SMILES string of the molecule is C=C1C(=O)O[C@H]2/C=C(/COCC)[C@@]3(O)CC[C@@](C)(C[C@@H](OC(=O)/C(C)=C\C)[C@@H]12)O3. The van der Waals surface area contributed by atoms with E-state index < -0.39 is 41.5 Å². The summed E-state index contributed by atoms with van der Waals surface area (Å²) in [4.78, 5) is 24.8. The minimum absolute atomic E-state index is 0.151. The fourth-order valence-electron chi connectivity index (χ4n) is 4.21. The maximum atomic E-state index is 12.5. The second-order valence-corrected chi connectivity index (χ2v) is 8.21. The molecule has 0 amide bonds. The lowest BCUT2D eigenvalue weighted by Gasteiger charge is -2.33. The largest absolute Gasteiger partial charge is 0.458 e. The van der Waals surface area contributed by atoms with E-state index in [1.807, 2.05) is 13.8 Å². The monoisotopic (exact) mass is 406 g/mol. The lowest BCUT2D eigenvalue weighted by molar-refractivity contribution is -0.205. The van der Waals surface area contributed by atoms with Crippen LogP contribution in [0, 0.1) is 5.92 Å². The predicted molar refractivity (Wildman–Crippen MR) is 105 cm³/mol. The number of fused-ring (bicyclic) bond motifs is 3. The zero-order valence-corrected chi connectivity index (χ0v) is 17.5. The van der Waals surface area contributed by atoms with Gasteiger partial charge in [-0.05, 0) is 40.2 Å². The summed E-state index contributed by atoms with van der Waals surface area (Å²) in [7, 11) is 0. The van der Waals surface area contributed by atoms with Crippen molar-refractivity contribution >= 4 is 11.9 Å². The van der Waals surface area contributed by atoms with Crippen molar-refractivity contribution in [3.8, 4) is 0 Å². The van der Waals surface area contributed by atoms with Crippen molar-refractivity contribution in [3.05, 3.63) is 35.5 Å². The van der Waals surface area contributed by atoms with E-state index in [4.69, 9.17) is 18.9 Å². The highest BCUT2D eigenvalue weighted by molar-refractivity contribution is 5.92. The number of ether oxygens (including phenoxy) is 4. The molecule has 29 heavy (non-hydrogen) atoms. The normalized spacial score (nSPS) is 39.0. The molecule has 3 rings (SSSR count). The first kappa shape index (κ1) is 21.7. The molecular weight excluding hydrogens is 376 g/mol. The maximum Gasteiger partial charge on any atom is 0.334 e. The van der Waals surface area contributed by atoms with Gasteiger partial charge >= 0.3 is 11.9 Å². The zero-order chi connectivity index (χ0) is 21.4. The van der Waals surface area contributed by atoms with E-state index in [0.717, 1.165) is 0 Å². The highest BCUT2D eigenvalue weighted by Gasteiger charge is 2.54. The molecule has 3 aliphatic heterocycles. The number of esters is 2. The number of hydrogen-bond donors (Lipinski definition) is 1. The zero-order valence-electron chi connectivity index (χ0n) is 17.5. The van der Waals surface area contributed by atoms with Crippen LogP contribution < -0.4 is 0 Å². The van der Waals surface area contributed by atoms with Crippen LogP contribution in [-0.4, -0.2) is 53.9 Å². The number of hydrogen-bond acceptors (Lipinski definition) is 7. The minimum atomic E-state index is -1.51. The Bertz CT molecular complexity index is 767. The van der Waals surface area contributed by atoms with Gasteiger partial charge in [0.25, 0.3) is 0 Å². The van der Waals surface area contributed by atoms with Crippen LogP contribution in [0.1, 0.15) is 47.0 Å². The summed E-state index contributed by atoms with van der Waals surface area (Å²) in [6.07, 6.45) is 3.21. The average Bonchev–Trinajstić information content (AvgIpc) is 3.13. The van der Waals surface area contributed by atoms with Gasteiger partial charge in [0.15, 0.2) is 5.79 Å². The maximum absolute atomic E-state index is 12.5. The van der Waals surface area contributed by atoms with E-state index in [1.54, 1.807) is 26.0 Å². The molecule has 2 fully saturated rings. The summed E-state index contributed by atoms with van der Waals surface area (Å²) >= 11 is 0. The third-order valence-corrected chi connectivity index (χ3v) is 6.05. The molecule has 0 spiro atoms. The van der Waals surface area contributed by atoms with Crippen LogP contribution in [-0.2, 0) is 28.5 Å². The van der Waals surface area contributed by atoms with Crippen LogP contribution >= 0.6 is 0 Å². The molecule has 160 valence electrons. The van der Waals surface area contributed by atoms with Crippen LogP contribution in [0.4, 0.5) is 0 Å². The second-order valence-electron chi connectivity index (χ2n) is 8.21. The molecule has 2 bridgehead atoms. The standard InChI is InChI=1S/C22H30O7/c1-6-13(3)19(23)28-17-11-21(5)8-9-22(25,29-21)15(12-26-7-2)10-16-18(17)14(4)20(24)27-16/h6,10,16-18,25H,4,7-9,11-12H2,1-3,5H3/b13-6-,15-10-/t16-,17+,18-,21-,22+/m0/s1. The molecule has 0 unspecified atom stereocenters. The van der Waals surface area contributed by atoms with Crippen molar-refractivity contribution in [1.82, 2.24) is 0 Å². The Labute approximate surface area is 171 Å². The number of rotatable bonds is 5. The quantitative estimate of drug-likeness (QED) is 0.426. The molecule has 0 radical (unpaired) electrons. The van der Waals surface area contributed by atoms with Gasteiger partial charge < -0.3 is 24.1 Å².